The third-order valence-corrected chi connectivity index (χ3v) is 7.55. The minimum absolute atomic E-state index is 0.150. The van der Waals surface area contributed by atoms with Gasteiger partial charge in [0.25, 0.3) is 0 Å². The highest BCUT2D eigenvalue weighted by Gasteiger charge is 2.26. The smallest absolute Gasteiger partial charge is 0.241 e. The second-order valence-electron chi connectivity index (χ2n) is 7.90. The summed E-state index contributed by atoms with van der Waals surface area (Å²) in [7, 11) is -3.77. The van der Waals surface area contributed by atoms with E-state index in [2.05, 4.69) is 10.0 Å². The molecule has 0 spiro atoms. The number of rotatable bonds is 10. The maximum absolute atomic E-state index is 13.4. The molecule has 0 heterocycles. The molecule has 0 saturated heterocycles. The molecule has 0 aliphatic rings. The van der Waals surface area contributed by atoms with E-state index in [0.29, 0.717) is 24.5 Å². The highest BCUT2D eigenvalue weighted by molar-refractivity contribution is 7.89. The van der Waals surface area contributed by atoms with Gasteiger partial charge in [0.15, 0.2) is 5.96 Å². The molecule has 8 heteroatoms. The average molecular weight is 447 g/mol. The van der Waals surface area contributed by atoms with Crippen LogP contribution in [0.3, 0.4) is 0 Å². The van der Waals surface area contributed by atoms with E-state index in [1.165, 1.54) is 0 Å². The Morgan fingerprint density at radius 2 is 1.55 bits per heavy atom. The molecule has 0 aromatic heterocycles. The molecule has 0 fully saturated rings. The molecule has 2 aromatic rings. The summed E-state index contributed by atoms with van der Waals surface area (Å²) < 4.78 is 35.4. The van der Waals surface area contributed by atoms with Crippen molar-refractivity contribution in [2.24, 2.45) is 5.73 Å². The van der Waals surface area contributed by atoms with Gasteiger partial charge in [-0.2, -0.15) is 0 Å². The summed E-state index contributed by atoms with van der Waals surface area (Å²) in [5, 5.41) is 10.1. The molecule has 0 saturated carbocycles. The lowest BCUT2D eigenvalue weighted by Crippen LogP contribution is -2.42. The van der Waals surface area contributed by atoms with Crippen molar-refractivity contribution in [2.45, 2.75) is 58.6 Å². The predicted octanol–water partition coefficient (Wildman–Crippen LogP) is 2.97. The van der Waals surface area contributed by atoms with Crippen molar-refractivity contribution in [2.75, 3.05) is 13.2 Å². The zero-order chi connectivity index (χ0) is 23.2. The minimum Gasteiger partial charge on any atom is -0.375 e. The lowest BCUT2D eigenvalue weighted by Gasteiger charge is -2.23. The maximum Gasteiger partial charge on any atom is 0.241 e. The van der Waals surface area contributed by atoms with Gasteiger partial charge in [-0.15, -0.1) is 0 Å². The van der Waals surface area contributed by atoms with E-state index in [-0.39, 0.29) is 12.6 Å². The highest BCUT2D eigenvalue weighted by Crippen LogP contribution is 2.29. The fourth-order valence-electron chi connectivity index (χ4n) is 3.60. The van der Waals surface area contributed by atoms with Crippen molar-refractivity contribution < 1.29 is 13.2 Å². The summed E-state index contributed by atoms with van der Waals surface area (Å²) in [6.45, 7) is 10.6. The van der Waals surface area contributed by atoms with Crippen LogP contribution in [0.2, 0.25) is 0 Å². The zero-order valence-electron chi connectivity index (χ0n) is 19.0. The molecule has 31 heavy (non-hydrogen) atoms. The summed E-state index contributed by atoms with van der Waals surface area (Å²) in [4.78, 5) is 0.334. The highest BCUT2D eigenvalue weighted by atomic mass is 32.2. The quantitative estimate of drug-likeness (QED) is 0.331. The molecule has 0 radical (unpaired) electrons. The van der Waals surface area contributed by atoms with Gasteiger partial charge in [0, 0.05) is 12.6 Å². The normalized spacial score (nSPS) is 12.5. The molecule has 2 aromatic carbocycles. The summed E-state index contributed by atoms with van der Waals surface area (Å²) in [5.41, 5.74) is 11.0. The van der Waals surface area contributed by atoms with Crippen LogP contribution in [0.15, 0.2) is 35.2 Å². The topological polar surface area (TPSA) is 117 Å². The number of nitrogens with one attached hydrogen (secondary N) is 3. The molecule has 5 N–H and O–H groups in total. The number of benzene rings is 2. The molecule has 0 aliphatic carbocycles. The Hall–Kier alpha value is -2.42. The van der Waals surface area contributed by atoms with Gasteiger partial charge in [0.05, 0.1) is 18.1 Å². The number of hydrogen-bond donors (Lipinski definition) is 4. The van der Waals surface area contributed by atoms with Crippen LogP contribution in [0.25, 0.3) is 0 Å². The Balaban J connectivity index is 2.22. The third-order valence-electron chi connectivity index (χ3n) is 5.76. The zero-order valence-corrected chi connectivity index (χ0v) is 19.8. The lowest BCUT2D eigenvalue weighted by molar-refractivity contribution is 0.102. The number of sulfonamides is 1. The Morgan fingerprint density at radius 3 is 2.10 bits per heavy atom. The van der Waals surface area contributed by atoms with Gasteiger partial charge in [-0.1, -0.05) is 30.3 Å². The van der Waals surface area contributed by atoms with Crippen molar-refractivity contribution in [3.63, 3.8) is 0 Å². The van der Waals surface area contributed by atoms with Crippen LogP contribution in [0, 0.1) is 40.0 Å². The van der Waals surface area contributed by atoms with Gasteiger partial charge in [0.2, 0.25) is 10.0 Å². The van der Waals surface area contributed by atoms with Crippen LogP contribution >= 0.6 is 0 Å². The molecule has 1 atom stereocenters. The van der Waals surface area contributed by atoms with Gasteiger partial charge in [-0.25, -0.2) is 13.1 Å². The van der Waals surface area contributed by atoms with Crippen molar-refractivity contribution in [1.29, 1.82) is 5.41 Å². The van der Waals surface area contributed by atoms with Crippen molar-refractivity contribution >= 4 is 16.0 Å². The minimum atomic E-state index is -3.77. The monoisotopic (exact) mass is 446 g/mol. The Kier molecular flexibility index (Phi) is 8.61. The summed E-state index contributed by atoms with van der Waals surface area (Å²) >= 11 is 0. The van der Waals surface area contributed by atoms with E-state index in [1.54, 1.807) is 0 Å². The van der Waals surface area contributed by atoms with Gasteiger partial charge >= 0.3 is 0 Å². The van der Waals surface area contributed by atoms with Crippen molar-refractivity contribution in [3.05, 3.63) is 63.7 Å². The van der Waals surface area contributed by atoms with Gasteiger partial charge < -0.3 is 15.8 Å². The van der Waals surface area contributed by atoms with E-state index < -0.39 is 16.1 Å². The van der Waals surface area contributed by atoms with E-state index >= 15 is 0 Å². The van der Waals surface area contributed by atoms with Gasteiger partial charge in [0.1, 0.15) is 0 Å². The van der Waals surface area contributed by atoms with Crippen LogP contribution in [-0.2, 0) is 21.4 Å². The van der Waals surface area contributed by atoms with Crippen LogP contribution in [0.1, 0.15) is 39.8 Å². The van der Waals surface area contributed by atoms with Gasteiger partial charge in [-0.3, -0.25) is 5.41 Å². The van der Waals surface area contributed by atoms with Gasteiger partial charge in [-0.05, 0) is 74.4 Å². The standard InChI is InChI=1S/C23H34N4O3S/c1-15-16(2)18(4)22(19(5)17(15)3)31(28,29)27-21(11-12-26-23(24)25)14-30-13-20-9-7-6-8-10-20/h6-10,21,27H,11-14H2,1-5H3,(H4,24,25,26)/t21-/m0/s1. The molecule has 7 nitrogen and oxygen atoms in total. The summed E-state index contributed by atoms with van der Waals surface area (Å²) in [6.07, 6.45) is 0.426. The molecule has 0 aliphatic heterocycles. The number of guanidine groups is 1. The van der Waals surface area contributed by atoms with E-state index in [0.717, 1.165) is 33.4 Å². The Bertz CT molecular complexity index is 992. The van der Waals surface area contributed by atoms with Crippen molar-refractivity contribution in [1.82, 2.24) is 10.0 Å². The maximum atomic E-state index is 13.4. The van der Waals surface area contributed by atoms with E-state index in [1.807, 2.05) is 65.0 Å². The van der Waals surface area contributed by atoms with E-state index in [9.17, 15) is 8.42 Å². The number of ether oxygens (including phenoxy) is 1. The summed E-state index contributed by atoms with van der Waals surface area (Å²) in [6, 6.07) is 9.25. The molecule has 0 unspecified atom stereocenters. The van der Waals surface area contributed by atoms with Crippen molar-refractivity contribution in [3.8, 4) is 0 Å². The van der Waals surface area contributed by atoms with Crippen LogP contribution in [0.5, 0.6) is 0 Å². The second kappa shape index (κ2) is 10.7. The average Bonchev–Trinajstić information content (AvgIpc) is 2.71. The molecule has 2 rings (SSSR count). The first-order valence-electron chi connectivity index (χ1n) is 10.3. The molecule has 0 bridgehead atoms. The fraction of sp³-hybridized carbons (Fsp3) is 0.435. The van der Waals surface area contributed by atoms with Crippen LogP contribution in [-0.4, -0.2) is 33.6 Å². The molecular weight excluding hydrogens is 412 g/mol. The Labute approximate surface area is 186 Å². The number of hydrogen-bond acceptors (Lipinski definition) is 4. The second-order valence-corrected chi connectivity index (χ2v) is 9.55. The first kappa shape index (κ1) is 24.8. The largest absolute Gasteiger partial charge is 0.375 e. The summed E-state index contributed by atoms with van der Waals surface area (Å²) in [5.74, 6) is -0.150. The number of nitrogens with two attached hydrogens (primary N) is 1. The third kappa shape index (κ3) is 6.53. The first-order chi connectivity index (χ1) is 14.5. The predicted molar refractivity (Wildman–Crippen MR) is 125 cm³/mol. The molecule has 170 valence electrons. The molecular formula is C23H34N4O3S. The fourth-order valence-corrected chi connectivity index (χ4v) is 5.45. The lowest BCUT2D eigenvalue weighted by atomic mass is 9.95. The van der Waals surface area contributed by atoms with Crippen LogP contribution < -0.4 is 15.8 Å². The Morgan fingerprint density at radius 1 is 1.00 bits per heavy atom. The molecule has 0 amide bonds. The van der Waals surface area contributed by atoms with E-state index in [4.69, 9.17) is 15.9 Å². The van der Waals surface area contributed by atoms with Crippen LogP contribution in [0.4, 0.5) is 0 Å². The first-order valence-corrected chi connectivity index (χ1v) is 11.8. The SMILES string of the molecule is Cc1c(C)c(C)c(S(=O)(=O)N[C@@H](CCNC(=N)N)COCc2ccccc2)c(C)c1C.